The van der Waals surface area contributed by atoms with Crippen LogP contribution in [0.2, 0.25) is 0 Å². The zero-order valence-electron chi connectivity index (χ0n) is 18.4. The first-order valence-corrected chi connectivity index (χ1v) is 11.0. The van der Waals surface area contributed by atoms with Gasteiger partial charge in [-0.2, -0.15) is 0 Å². The molecular weight excluding hydrogens is 453 g/mol. The third kappa shape index (κ3) is 2.74. The van der Waals surface area contributed by atoms with Gasteiger partial charge in [0.15, 0.2) is 0 Å². The van der Waals surface area contributed by atoms with E-state index in [9.17, 15) is 23.6 Å². The van der Waals surface area contributed by atoms with Crippen LogP contribution in [0.1, 0.15) is 32.4 Å². The Balaban J connectivity index is 1.52. The van der Waals surface area contributed by atoms with Gasteiger partial charge in [-0.05, 0) is 42.0 Å². The van der Waals surface area contributed by atoms with Crippen molar-refractivity contribution in [2.75, 3.05) is 12.0 Å². The Morgan fingerprint density at radius 1 is 0.829 bits per heavy atom. The minimum absolute atomic E-state index is 0.152. The van der Waals surface area contributed by atoms with Gasteiger partial charge in [0.05, 0.1) is 30.7 Å². The molecule has 2 saturated heterocycles. The average Bonchev–Trinajstić information content (AvgIpc) is 3.44. The second-order valence-corrected chi connectivity index (χ2v) is 8.74. The van der Waals surface area contributed by atoms with Crippen LogP contribution in [-0.2, 0) is 14.3 Å². The van der Waals surface area contributed by atoms with E-state index in [0.717, 1.165) is 4.90 Å². The molecular formula is C27H18FNO6. The molecule has 0 bridgehead atoms. The lowest BCUT2D eigenvalue weighted by Gasteiger charge is -2.27. The van der Waals surface area contributed by atoms with Crippen LogP contribution in [-0.4, -0.2) is 36.1 Å². The summed E-state index contributed by atoms with van der Waals surface area (Å²) in [5, 5.41) is 0. The normalized spacial score (nSPS) is 24.3. The standard InChI is InChI=1S/C27H18FNO6/c1-34-17-12-10-16(11-13-17)29-25(32)20-21(26(29)33)27(35-22(20)14-6-8-15(28)9-7-14)23(30)18-4-2-3-5-19(18)24(27)31/h2-13,20-22H,1H3/t20-,21+,22+/m0/s1. The number of hydrogen-bond donors (Lipinski definition) is 0. The van der Waals surface area contributed by atoms with Crippen molar-refractivity contribution in [1.29, 1.82) is 0 Å². The minimum Gasteiger partial charge on any atom is -0.497 e. The van der Waals surface area contributed by atoms with Crippen LogP contribution in [0.5, 0.6) is 5.75 Å². The van der Waals surface area contributed by atoms with Gasteiger partial charge in [0, 0.05) is 11.1 Å². The highest BCUT2D eigenvalue weighted by molar-refractivity contribution is 6.37. The quantitative estimate of drug-likeness (QED) is 0.429. The Bertz CT molecular complexity index is 1380. The van der Waals surface area contributed by atoms with E-state index in [0.29, 0.717) is 17.0 Å². The summed E-state index contributed by atoms with van der Waals surface area (Å²) in [4.78, 5) is 55.9. The molecule has 2 heterocycles. The molecule has 174 valence electrons. The number of halogens is 1. The summed E-state index contributed by atoms with van der Waals surface area (Å²) < 4.78 is 25.0. The molecule has 3 aliphatic rings. The van der Waals surface area contributed by atoms with Crippen LogP contribution in [0.15, 0.2) is 72.8 Å². The monoisotopic (exact) mass is 471 g/mol. The van der Waals surface area contributed by atoms with Crippen LogP contribution in [0.4, 0.5) is 10.1 Å². The first kappa shape index (κ1) is 21.4. The lowest BCUT2D eigenvalue weighted by atomic mass is 9.77. The zero-order valence-corrected chi connectivity index (χ0v) is 18.4. The fourth-order valence-electron chi connectivity index (χ4n) is 5.46. The number of amides is 2. The van der Waals surface area contributed by atoms with Gasteiger partial charge in [0.1, 0.15) is 11.6 Å². The molecule has 0 saturated carbocycles. The second kappa shape index (κ2) is 7.41. The highest BCUT2D eigenvalue weighted by atomic mass is 19.1. The summed E-state index contributed by atoms with van der Waals surface area (Å²) in [6.07, 6.45) is -1.09. The van der Waals surface area contributed by atoms with Crippen molar-refractivity contribution in [3.63, 3.8) is 0 Å². The number of anilines is 1. The Morgan fingerprint density at radius 3 is 2.00 bits per heavy atom. The molecule has 2 fully saturated rings. The number of rotatable bonds is 3. The number of nitrogens with zero attached hydrogens (tertiary/aromatic N) is 1. The smallest absolute Gasteiger partial charge is 0.241 e. The van der Waals surface area contributed by atoms with Gasteiger partial charge < -0.3 is 9.47 Å². The topological polar surface area (TPSA) is 90.0 Å². The van der Waals surface area contributed by atoms with Crippen molar-refractivity contribution in [2.24, 2.45) is 11.8 Å². The Kier molecular flexibility index (Phi) is 4.53. The molecule has 0 aromatic heterocycles. The maximum atomic E-state index is 13.8. The number of benzene rings is 3. The molecule has 6 rings (SSSR count). The summed E-state index contributed by atoms with van der Waals surface area (Å²) in [7, 11) is 1.49. The highest BCUT2D eigenvalue weighted by Crippen LogP contribution is 2.57. The first-order chi connectivity index (χ1) is 16.9. The van der Waals surface area contributed by atoms with Gasteiger partial charge in [-0.15, -0.1) is 0 Å². The van der Waals surface area contributed by atoms with E-state index < -0.39 is 52.7 Å². The van der Waals surface area contributed by atoms with Crippen LogP contribution in [0, 0.1) is 17.7 Å². The van der Waals surface area contributed by atoms with Crippen molar-refractivity contribution in [2.45, 2.75) is 11.7 Å². The van der Waals surface area contributed by atoms with E-state index in [1.165, 1.54) is 43.5 Å². The lowest BCUT2D eigenvalue weighted by molar-refractivity contribution is -0.127. The molecule has 1 aliphatic carbocycles. The molecule has 0 N–H and O–H groups in total. The summed E-state index contributed by atoms with van der Waals surface area (Å²) >= 11 is 0. The molecule has 3 aromatic carbocycles. The van der Waals surface area contributed by atoms with Crippen molar-refractivity contribution in [1.82, 2.24) is 0 Å². The Morgan fingerprint density at radius 2 is 1.43 bits per heavy atom. The second-order valence-electron chi connectivity index (χ2n) is 8.74. The SMILES string of the molecule is COc1ccc(N2C(=O)[C@@H]3[C@@H](c4ccc(F)cc4)OC4(C(=O)c5ccccc5C4=O)[C@H]3C2=O)cc1. The van der Waals surface area contributed by atoms with E-state index in [1.807, 2.05) is 0 Å². The van der Waals surface area contributed by atoms with E-state index >= 15 is 0 Å². The average molecular weight is 471 g/mol. The summed E-state index contributed by atoms with van der Waals surface area (Å²) in [5.74, 6) is -5.03. The van der Waals surface area contributed by atoms with Gasteiger partial charge in [0.25, 0.3) is 0 Å². The number of ether oxygens (including phenoxy) is 2. The number of carbonyl (C=O) groups is 4. The lowest BCUT2D eigenvalue weighted by Crippen LogP contribution is -2.51. The number of ketones is 2. The molecule has 0 radical (unpaired) electrons. The molecule has 1 spiro atoms. The molecule has 2 amide bonds. The van der Waals surface area contributed by atoms with Crippen molar-refractivity contribution in [3.8, 4) is 5.75 Å². The summed E-state index contributed by atoms with van der Waals surface area (Å²) in [6.45, 7) is 0. The maximum Gasteiger partial charge on any atom is 0.241 e. The van der Waals surface area contributed by atoms with E-state index in [2.05, 4.69) is 0 Å². The fraction of sp³-hybridized carbons (Fsp3) is 0.185. The van der Waals surface area contributed by atoms with Crippen LogP contribution >= 0.6 is 0 Å². The molecule has 0 unspecified atom stereocenters. The minimum atomic E-state index is -2.17. The van der Waals surface area contributed by atoms with E-state index in [-0.39, 0.29) is 11.1 Å². The van der Waals surface area contributed by atoms with Crippen LogP contribution in [0.25, 0.3) is 0 Å². The number of carbonyl (C=O) groups excluding carboxylic acids is 4. The predicted octanol–water partition coefficient (Wildman–Crippen LogP) is 3.53. The van der Waals surface area contributed by atoms with Crippen molar-refractivity contribution < 1.29 is 33.0 Å². The molecule has 3 atom stereocenters. The molecule has 7 nitrogen and oxygen atoms in total. The van der Waals surface area contributed by atoms with E-state index in [1.54, 1.807) is 36.4 Å². The molecule has 2 aliphatic heterocycles. The van der Waals surface area contributed by atoms with Gasteiger partial charge in [-0.1, -0.05) is 36.4 Å². The van der Waals surface area contributed by atoms with Crippen molar-refractivity contribution >= 4 is 29.1 Å². The molecule has 8 heteroatoms. The Labute approximate surface area is 199 Å². The number of methoxy groups -OCH3 is 1. The first-order valence-electron chi connectivity index (χ1n) is 11.0. The zero-order chi connectivity index (χ0) is 24.5. The third-order valence-electron chi connectivity index (χ3n) is 7.05. The van der Waals surface area contributed by atoms with Gasteiger partial charge in [0.2, 0.25) is 29.0 Å². The van der Waals surface area contributed by atoms with E-state index in [4.69, 9.17) is 9.47 Å². The predicted molar refractivity (Wildman–Crippen MR) is 121 cm³/mol. The fourth-order valence-corrected chi connectivity index (χ4v) is 5.46. The third-order valence-corrected chi connectivity index (χ3v) is 7.05. The number of hydrogen-bond acceptors (Lipinski definition) is 6. The van der Waals surface area contributed by atoms with Gasteiger partial charge >= 0.3 is 0 Å². The molecule has 3 aromatic rings. The molecule has 35 heavy (non-hydrogen) atoms. The Hall–Kier alpha value is -4.17. The maximum absolute atomic E-state index is 13.8. The number of Topliss-reactive ketones (excluding diaryl/α,β-unsaturated/α-hetero) is 2. The van der Waals surface area contributed by atoms with Gasteiger partial charge in [-0.3, -0.25) is 19.2 Å². The summed E-state index contributed by atoms with van der Waals surface area (Å²) in [5.41, 5.74) is -1.18. The largest absolute Gasteiger partial charge is 0.497 e. The number of imide groups is 1. The van der Waals surface area contributed by atoms with Crippen LogP contribution in [0.3, 0.4) is 0 Å². The van der Waals surface area contributed by atoms with Gasteiger partial charge in [-0.25, -0.2) is 9.29 Å². The van der Waals surface area contributed by atoms with Crippen molar-refractivity contribution in [3.05, 3.63) is 95.3 Å². The number of fused-ring (bicyclic) bond motifs is 3. The highest BCUT2D eigenvalue weighted by Gasteiger charge is 2.74. The van der Waals surface area contributed by atoms with Crippen LogP contribution < -0.4 is 9.64 Å². The summed E-state index contributed by atoms with van der Waals surface area (Å²) in [6, 6.07) is 17.9.